The molecule has 0 saturated carbocycles. The van der Waals surface area contributed by atoms with Gasteiger partial charge in [0.05, 0.1) is 17.7 Å². The summed E-state index contributed by atoms with van der Waals surface area (Å²) in [5.41, 5.74) is 2.10. The number of nitriles is 1. The summed E-state index contributed by atoms with van der Waals surface area (Å²) >= 11 is 5.88. The molecule has 0 atom stereocenters. The van der Waals surface area contributed by atoms with Crippen molar-refractivity contribution in [1.29, 1.82) is 5.26 Å². The molecule has 3 nitrogen and oxygen atoms in total. The van der Waals surface area contributed by atoms with Gasteiger partial charge in [0.2, 0.25) is 0 Å². The van der Waals surface area contributed by atoms with E-state index in [-0.39, 0.29) is 5.75 Å². The van der Waals surface area contributed by atoms with Gasteiger partial charge in [0.1, 0.15) is 6.07 Å². The van der Waals surface area contributed by atoms with Crippen LogP contribution in [0.15, 0.2) is 36.4 Å². The normalized spacial score (nSPS) is 9.83. The highest BCUT2D eigenvalue weighted by molar-refractivity contribution is 6.31. The first-order valence-corrected chi connectivity index (χ1v) is 5.60. The highest BCUT2D eigenvalue weighted by atomic mass is 35.5. The first-order valence-electron chi connectivity index (χ1n) is 5.22. The number of rotatable bonds is 2. The fraction of sp³-hybridized carbons (Fsp3) is 0.0714. The van der Waals surface area contributed by atoms with Crippen LogP contribution in [0, 0.1) is 11.3 Å². The monoisotopic (exact) mass is 259 g/mol. The smallest absolute Gasteiger partial charge is 0.161 e. The van der Waals surface area contributed by atoms with Crippen LogP contribution in [0.3, 0.4) is 0 Å². The Morgan fingerprint density at radius 2 is 1.83 bits per heavy atom. The maximum atomic E-state index is 9.53. The van der Waals surface area contributed by atoms with Crippen LogP contribution in [0.25, 0.3) is 11.1 Å². The minimum Gasteiger partial charge on any atom is -0.504 e. The van der Waals surface area contributed by atoms with Crippen LogP contribution in [0.2, 0.25) is 5.02 Å². The lowest BCUT2D eigenvalue weighted by atomic mass is 10.0. The number of aromatic hydroxyl groups is 1. The summed E-state index contributed by atoms with van der Waals surface area (Å²) in [5.74, 6) is 0.469. The molecule has 0 heterocycles. The van der Waals surface area contributed by atoms with Gasteiger partial charge in [-0.1, -0.05) is 23.7 Å². The zero-order valence-electron chi connectivity index (χ0n) is 9.64. The summed E-state index contributed by atoms with van der Waals surface area (Å²) in [7, 11) is 1.49. The van der Waals surface area contributed by atoms with Gasteiger partial charge in [-0.2, -0.15) is 5.26 Å². The number of methoxy groups -OCH3 is 1. The third-order valence-electron chi connectivity index (χ3n) is 2.60. The van der Waals surface area contributed by atoms with E-state index in [4.69, 9.17) is 21.6 Å². The zero-order valence-corrected chi connectivity index (χ0v) is 10.4. The number of phenolic OH excluding ortho intramolecular Hbond substituents is 1. The summed E-state index contributed by atoms with van der Waals surface area (Å²) in [6.07, 6.45) is 0. The maximum Gasteiger partial charge on any atom is 0.161 e. The molecule has 90 valence electrons. The molecule has 0 fully saturated rings. The highest BCUT2D eigenvalue weighted by Crippen LogP contribution is 2.32. The first-order chi connectivity index (χ1) is 8.65. The molecule has 0 spiro atoms. The average molecular weight is 260 g/mol. The fourth-order valence-electron chi connectivity index (χ4n) is 1.65. The van der Waals surface area contributed by atoms with Crippen LogP contribution in [-0.4, -0.2) is 12.2 Å². The molecule has 0 aliphatic carbocycles. The molecule has 0 aliphatic rings. The zero-order chi connectivity index (χ0) is 13.1. The van der Waals surface area contributed by atoms with Crippen molar-refractivity contribution in [3.8, 4) is 28.7 Å². The van der Waals surface area contributed by atoms with Crippen LogP contribution in [0.4, 0.5) is 0 Å². The standard InChI is InChI=1S/C14H10ClNO2/c1-18-14-7-10(3-5-13(14)17)9-2-4-12(15)11(6-9)8-16/h2-7,17H,1H3. The van der Waals surface area contributed by atoms with E-state index in [9.17, 15) is 5.11 Å². The van der Waals surface area contributed by atoms with Gasteiger partial charge < -0.3 is 9.84 Å². The molecular formula is C14H10ClNO2. The molecule has 0 radical (unpaired) electrons. The van der Waals surface area contributed by atoms with Crippen molar-refractivity contribution in [2.75, 3.05) is 7.11 Å². The number of hydrogen-bond acceptors (Lipinski definition) is 3. The molecule has 0 bridgehead atoms. The van der Waals surface area contributed by atoms with E-state index in [0.717, 1.165) is 11.1 Å². The second kappa shape index (κ2) is 4.99. The second-order valence-electron chi connectivity index (χ2n) is 3.69. The Bertz CT molecular complexity index is 632. The Hall–Kier alpha value is -2.18. The van der Waals surface area contributed by atoms with Gasteiger partial charge in [-0.15, -0.1) is 0 Å². The summed E-state index contributed by atoms with van der Waals surface area (Å²) in [5, 5.41) is 18.9. The quantitative estimate of drug-likeness (QED) is 0.897. The van der Waals surface area contributed by atoms with Crippen molar-refractivity contribution < 1.29 is 9.84 Å². The van der Waals surface area contributed by atoms with Gasteiger partial charge in [0.15, 0.2) is 11.5 Å². The van der Waals surface area contributed by atoms with Gasteiger partial charge in [0, 0.05) is 0 Å². The molecule has 0 saturated heterocycles. The topological polar surface area (TPSA) is 53.2 Å². The van der Waals surface area contributed by atoms with Crippen molar-refractivity contribution in [2.24, 2.45) is 0 Å². The molecule has 2 rings (SSSR count). The van der Waals surface area contributed by atoms with Gasteiger partial charge >= 0.3 is 0 Å². The van der Waals surface area contributed by atoms with Crippen molar-refractivity contribution in [1.82, 2.24) is 0 Å². The molecule has 0 unspecified atom stereocenters. The van der Waals surface area contributed by atoms with E-state index in [1.807, 2.05) is 12.1 Å². The van der Waals surface area contributed by atoms with E-state index in [1.54, 1.807) is 30.3 Å². The number of phenols is 1. The molecular weight excluding hydrogens is 250 g/mol. The molecule has 0 amide bonds. The molecule has 18 heavy (non-hydrogen) atoms. The summed E-state index contributed by atoms with van der Waals surface area (Å²) in [6, 6.07) is 12.2. The van der Waals surface area contributed by atoms with E-state index in [2.05, 4.69) is 0 Å². The van der Waals surface area contributed by atoms with Crippen LogP contribution in [0.1, 0.15) is 5.56 Å². The Morgan fingerprint density at radius 3 is 2.50 bits per heavy atom. The predicted octanol–water partition coefficient (Wildman–Crippen LogP) is 3.59. The van der Waals surface area contributed by atoms with Crippen LogP contribution in [0.5, 0.6) is 11.5 Å². The lowest BCUT2D eigenvalue weighted by molar-refractivity contribution is 0.373. The van der Waals surface area contributed by atoms with Crippen molar-refractivity contribution >= 4 is 11.6 Å². The lowest BCUT2D eigenvalue weighted by Crippen LogP contribution is -1.86. The molecule has 2 aromatic carbocycles. The van der Waals surface area contributed by atoms with Gasteiger partial charge in [-0.05, 0) is 35.4 Å². The predicted molar refractivity (Wildman–Crippen MR) is 69.8 cm³/mol. The number of nitrogens with zero attached hydrogens (tertiary/aromatic N) is 1. The van der Waals surface area contributed by atoms with Crippen LogP contribution in [-0.2, 0) is 0 Å². The number of halogens is 1. The number of hydrogen-bond donors (Lipinski definition) is 1. The fourth-order valence-corrected chi connectivity index (χ4v) is 1.81. The average Bonchev–Trinajstić information content (AvgIpc) is 2.40. The van der Waals surface area contributed by atoms with E-state index in [1.165, 1.54) is 7.11 Å². The molecule has 4 heteroatoms. The largest absolute Gasteiger partial charge is 0.504 e. The Morgan fingerprint density at radius 1 is 1.17 bits per heavy atom. The van der Waals surface area contributed by atoms with E-state index >= 15 is 0 Å². The molecule has 0 aliphatic heterocycles. The summed E-state index contributed by atoms with van der Waals surface area (Å²) in [4.78, 5) is 0. The van der Waals surface area contributed by atoms with E-state index in [0.29, 0.717) is 16.3 Å². The van der Waals surface area contributed by atoms with Crippen LogP contribution < -0.4 is 4.74 Å². The lowest BCUT2D eigenvalue weighted by Gasteiger charge is -2.07. The Labute approximate surface area is 110 Å². The number of benzene rings is 2. The molecule has 0 aromatic heterocycles. The Kier molecular flexibility index (Phi) is 3.40. The van der Waals surface area contributed by atoms with Gasteiger partial charge in [0.25, 0.3) is 0 Å². The van der Waals surface area contributed by atoms with Crippen molar-refractivity contribution in [3.05, 3.63) is 47.0 Å². The van der Waals surface area contributed by atoms with Gasteiger partial charge in [-0.25, -0.2) is 0 Å². The second-order valence-corrected chi connectivity index (χ2v) is 4.10. The van der Waals surface area contributed by atoms with Crippen molar-refractivity contribution in [2.45, 2.75) is 0 Å². The summed E-state index contributed by atoms with van der Waals surface area (Å²) < 4.78 is 5.05. The third kappa shape index (κ3) is 2.24. The summed E-state index contributed by atoms with van der Waals surface area (Å²) in [6.45, 7) is 0. The molecule has 2 aromatic rings. The third-order valence-corrected chi connectivity index (χ3v) is 2.93. The minimum absolute atomic E-state index is 0.0794. The Balaban J connectivity index is 2.52. The maximum absolute atomic E-state index is 9.53. The van der Waals surface area contributed by atoms with Crippen molar-refractivity contribution in [3.63, 3.8) is 0 Å². The first kappa shape index (κ1) is 12.3. The minimum atomic E-state index is 0.0794. The SMILES string of the molecule is COc1cc(-c2ccc(Cl)c(C#N)c2)ccc1O. The van der Waals surface area contributed by atoms with E-state index < -0.39 is 0 Å². The van der Waals surface area contributed by atoms with Crippen LogP contribution >= 0.6 is 11.6 Å². The van der Waals surface area contributed by atoms with Gasteiger partial charge in [-0.3, -0.25) is 0 Å². The number of ether oxygens (including phenoxy) is 1. The highest BCUT2D eigenvalue weighted by Gasteiger charge is 2.07. The molecule has 1 N–H and O–H groups in total.